The molecule has 0 aliphatic heterocycles. The number of H-pyrrole nitrogens is 1. The van der Waals surface area contributed by atoms with Crippen molar-refractivity contribution in [1.82, 2.24) is 10.3 Å². The number of halogens is 3. The van der Waals surface area contributed by atoms with Crippen LogP contribution in [0.1, 0.15) is 21.6 Å². The van der Waals surface area contributed by atoms with Crippen molar-refractivity contribution in [1.29, 1.82) is 0 Å². The van der Waals surface area contributed by atoms with Gasteiger partial charge < -0.3 is 21.2 Å². The fourth-order valence-corrected chi connectivity index (χ4v) is 2.71. The maximum absolute atomic E-state index is 13.4. The lowest BCUT2D eigenvalue weighted by atomic mass is 10.1. The average Bonchev–Trinajstić information content (AvgIpc) is 3.13. The van der Waals surface area contributed by atoms with Crippen LogP contribution in [-0.2, 0) is 12.7 Å². The summed E-state index contributed by atoms with van der Waals surface area (Å²) >= 11 is 0. The van der Waals surface area contributed by atoms with Crippen LogP contribution < -0.4 is 21.5 Å². The number of nitrogens with one attached hydrogen (secondary N) is 2. The smallest absolute Gasteiger partial charge is 0.417 e. The van der Waals surface area contributed by atoms with Crippen molar-refractivity contribution in [2.24, 2.45) is 16.5 Å². The Hall–Kier alpha value is -3.53. The van der Waals surface area contributed by atoms with E-state index in [4.69, 9.17) is 16.2 Å². The zero-order valence-electron chi connectivity index (χ0n) is 15.3. The molecule has 0 saturated carbocycles. The molecule has 6 N–H and O–H groups in total. The van der Waals surface area contributed by atoms with E-state index in [1.807, 2.05) is 0 Å². The van der Waals surface area contributed by atoms with Gasteiger partial charge in [0.2, 0.25) is 0 Å². The number of nitrogens with two attached hydrogens (primary N) is 2. The topological polar surface area (TPSA) is 119 Å². The van der Waals surface area contributed by atoms with Crippen LogP contribution in [-0.4, -0.2) is 23.9 Å². The first-order chi connectivity index (χ1) is 13.7. The highest BCUT2D eigenvalue weighted by Gasteiger charge is 2.34. The summed E-state index contributed by atoms with van der Waals surface area (Å²) < 4.78 is 46.0. The number of aromatic nitrogens is 1. The maximum Gasteiger partial charge on any atom is 0.417 e. The van der Waals surface area contributed by atoms with Gasteiger partial charge in [-0.05, 0) is 35.9 Å². The number of benzene rings is 2. The number of fused-ring (bicyclic) bond motifs is 1. The van der Waals surface area contributed by atoms with Crippen LogP contribution in [0.2, 0.25) is 0 Å². The molecule has 1 amide bonds. The normalized spacial score (nSPS) is 12.2. The zero-order valence-corrected chi connectivity index (χ0v) is 15.3. The second kappa shape index (κ2) is 7.84. The van der Waals surface area contributed by atoms with E-state index in [1.165, 1.54) is 13.1 Å². The van der Waals surface area contributed by atoms with Crippen LogP contribution in [0.25, 0.3) is 10.9 Å². The fourth-order valence-electron chi connectivity index (χ4n) is 2.71. The first-order valence-corrected chi connectivity index (χ1v) is 8.46. The van der Waals surface area contributed by atoms with Gasteiger partial charge in [0.05, 0.1) is 11.1 Å². The molecule has 1 heterocycles. The Labute approximate surface area is 163 Å². The molecule has 0 aliphatic carbocycles. The quantitative estimate of drug-likeness (QED) is 0.394. The molecule has 152 valence electrons. The highest BCUT2D eigenvalue weighted by Crippen LogP contribution is 2.39. The highest BCUT2D eigenvalue weighted by atomic mass is 19.4. The molecule has 0 aliphatic rings. The SMILES string of the molecule is CN=C(N)NC(=O)c1cc2c(C(F)(F)F)ccc(Oc3ccc(CN)cc3)c2[nH]1. The van der Waals surface area contributed by atoms with Crippen LogP contribution in [0.4, 0.5) is 13.2 Å². The van der Waals surface area contributed by atoms with E-state index in [1.54, 1.807) is 24.3 Å². The second-order valence-corrected chi connectivity index (χ2v) is 6.09. The molecule has 7 nitrogen and oxygen atoms in total. The average molecular weight is 405 g/mol. The van der Waals surface area contributed by atoms with E-state index < -0.39 is 17.6 Å². The molecule has 29 heavy (non-hydrogen) atoms. The van der Waals surface area contributed by atoms with Gasteiger partial charge in [0.1, 0.15) is 11.4 Å². The number of aromatic amines is 1. The monoisotopic (exact) mass is 405 g/mol. The van der Waals surface area contributed by atoms with E-state index in [-0.39, 0.29) is 28.3 Å². The summed E-state index contributed by atoms with van der Waals surface area (Å²) in [5.41, 5.74) is 10.9. The summed E-state index contributed by atoms with van der Waals surface area (Å²) in [6.45, 7) is 0.351. The molecule has 1 aromatic heterocycles. The Morgan fingerprint density at radius 2 is 1.90 bits per heavy atom. The van der Waals surface area contributed by atoms with Crippen LogP contribution in [0.5, 0.6) is 11.5 Å². The largest absolute Gasteiger partial charge is 0.455 e. The Balaban J connectivity index is 2.07. The van der Waals surface area contributed by atoms with Crippen molar-refractivity contribution in [2.45, 2.75) is 12.7 Å². The Kier molecular flexibility index (Phi) is 5.46. The third-order valence-corrected chi connectivity index (χ3v) is 4.18. The predicted octanol–water partition coefficient (Wildman–Crippen LogP) is 3.11. The van der Waals surface area contributed by atoms with E-state index in [2.05, 4.69) is 15.3 Å². The molecule has 0 saturated heterocycles. The second-order valence-electron chi connectivity index (χ2n) is 6.09. The van der Waals surface area contributed by atoms with Crippen molar-refractivity contribution < 1.29 is 22.7 Å². The number of carbonyl (C=O) groups is 1. The van der Waals surface area contributed by atoms with Crippen molar-refractivity contribution in [3.05, 3.63) is 59.3 Å². The standard InChI is InChI=1S/C19H18F3N5O2/c1-25-18(24)27-17(28)14-8-12-13(19(20,21)22)6-7-15(16(12)26-14)29-11-4-2-10(9-23)3-5-11/h2-8,26H,9,23H2,1H3,(H3,24,25,27,28). The minimum atomic E-state index is -4.61. The molecule has 3 rings (SSSR count). The number of carbonyl (C=O) groups excluding carboxylic acids is 1. The summed E-state index contributed by atoms with van der Waals surface area (Å²) in [5, 5.41) is 2.07. The number of nitrogens with zero attached hydrogens (tertiary/aromatic N) is 1. The van der Waals surface area contributed by atoms with Gasteiger partial charge in [0, 0.05) is 19.0 Å². The number of hydrogen-bond donors (Lipinski definition) is 4. The third kappa shape index (κ3) is 4.32. The van der Waals surface area contributed by atoms with Crippen molar-refractivity contribution in [3.8, 4) is 11.5 Å². The third-order valence-electron chi connectivity index (χ3n) is 4.18. The highest BCUT2D eigenvalue weighted by molar-refractivity contribution is 6.07. The van der Waals surface area contributed by atoms with Gasteiger partial charge >= 0.3 is 6.18 Å². The summed E-state index contributed by atoms with van der Waals surface area (Å²) in [4.78, 5) is 18.5. The van der Waals surface area contributed by atoms with Crippen molar-refractivity contribution in [2.75, 3.05) is 7.05 Å². The number of guanidine groups is 1. The van der Waals surface area contributed by atoms with Crippen molar-refractivity contribution in [3.63, 3.8) is 0 Å². The molecule has 2 aromatic carbocycles. The Morgan fingerprint density at radius 3 is 2.48 bits per heavy atom. The van der Waals surface area contributed by atoms with Crippen LogP contribution in [0.3, 0.4) is 0 Å². The number of alkyl halides is 3. The summed E-state index contributed by atoms with van der Waals surface area (Å²) in [6, 6.07) is 10.0. The summed E-state index contributed by atoms with van der Waals surface area (Å²) in [7, 11) is 1.37. The Morgan fingerprint density at radius 1 is 1.21 bits per heavy atom. The number of ether oxygens (including phenoxy) is 1. The summed E-state index contributed by atoms with van der Waals surface area (Å²) in [6.07, 6.45) is -4.61. The predicted molar refractivity (Wildman–Crippen MR) is 103 cm³/mol. The van der Waals surface area contributed by atoms with Gasteiger partial charge in [-0.2, -0.15) is 13.2 Å². The van der Waals surface area contributed by atoms with E-state index in [0.29, 0.717) is 12.3 Å². The molecule has 0 bridgehead atoms. The number of rotatable bonds is 4. The lowest BCUT2D eigenvalue weighted by Gasteiger charge is -2.12. The number of amides is 1. The first-order valence-electron chi connectivity index (χ1n) is 8.46. The molecule has 3 aromatic rings. The molecular weight excluding hydrogens is 387 g/mol. The van der Waals surface area contributed by atoms with Gasteiger partial charge in [-0.25, -0.2) is 0 Å². The van der Waals surface area contributed by atoms with Gasteiger partial charge in [-0.15, -0.1) is 0 Å². The lowest BCUT2D eigenvalue weighted by Crippen LogP contribution is -2.36. The fraction of sp³-hybridized carbons (Fsp3) is 0.158. The minimum Gasteiger partial charge on any atom is -0.455 e. The van der Waals surface area contributed by atoms with E-state index in [0.717, 1.165) is 17.7 Å². The van der Waals surface area contributed by atoms with E-state index in [9.17, 15) is 18.0 Å². The Bertz CT molecular complexity index is 1070. The molecule has 0 atom stereocenters. The van der Waals surface area contributed by atoms with Gasteiger partial charge in [0.25, 0.3) is 5.91 Å². The minimum absolute atomic E-state index is 0.0277. The molecule has 10 heteroatoms. The maximum atomic E-state index is 13.4. The zero-order chi connectivity index (χ0) is 21.2. The van der Waals surface area contributed by atoms with Crippen LogP contribution in [0.15, 0.2) is 47.5 Å². The van der Waals surface area contributed by atoms with Crippen LogP contribution >= 0.6 is 0 Å². The van der Waals surface area contributed by atoms with Gasteiger partial charge in [0.15, 0.2) is 11.7 Å². The molecule has 0 fully saturated rings. The molecule has 0 unspecified atom stereocenters. The van der Waals surface area contributed by atoms with E-state index >= 15 is 0 Å². The molecular formula is C19H18F3N5O2. The summed E-state index contributed by atoms with van der Waals surface area (Å²) in [5.74, 6) is -0.354. The van der Waals surface area contributed by atoms with Gasteiger partial charge in [-0.1, -0.05) is 12.1 Å². The number of hydrogen-bond acceptors (Lipinski definition) is 4. The first kappa shape index (κ1) is 20.2. The van der Waals surface area contributed by atoms with Crippen LogP contribution in [0, 0.1) is 0 Å². The van der Waals surface area contributed by atoms with Gasteiger partial charge in [-0.3, -0.25) is 15.1 Å². The van der Waals surface area contributed by atoms with Crippen molar-refractivity contribution >= 4 is 22.8 Å². The molecule has 0 spiro atoms. The number of aliphatic imine (C=N–C) groups is 1. The molecule has 0 radical (unpaired) electrons. The lowest BCUT2D eigenvalue weighted by molar-refractivity contribution is -0.136.